The van der Waals surface area contributed by atoms with E-state index in [0.717, 1.165) is 0 Å². The highest BCUT2D eigenvalue weighted by molar-refractivity contribution is 6.32. The van der Waals surface area contributed by atoms with E-state index in [1.165, 1.54) is 12.1 Å². The summed E-state index contributed by atoms with van der Waals surface area (Å²) in [6.07, 6.45) is 0. The van der Waals surface area contributed by atoms with Crippen molar-refractivity contribution >= 4 is 17.6 Å². The Balaban J connectivity index is 3.20. The normalized spacial score (nSPS) is 9.86. The van der Waals surface area contributed by atoms with E-state index < -0.39 is 5.97 Å². The molecular weight excluding hydrogens is 208 g/mol. The van der Waals surface area contributed by atoms with E-state index in [1.54, 1.807) is 6.92 Å². The van der Waals surface area contributed by atoms with Crippen LogP contribution in [0.1, 0.15) is 17.3 Å². The van der Waals surface area contributed by atoms with Crippen LogP contribution in [0.15, 0.2) is 12.1 Å². The Bertz CT molecular complexity index is 362. The number of hydrogen-bond donors (Lipinski definition) is 2. The van der Waals surface area contributed by atoms with Crippen LogP contribution in [-0.4, -0.2) is 22.8 Å². The van der Waals surface area contributed by atoms with Crippen molar-refractivity contribution in [3.05, 3.63) is 22.7 Å². The van der Waals surface area contributed by atoms with Crippen LogP contribution in [0.5, 0.6) is 11.5 Å². The van der Waals surface area contributed by atoms with Gasteiger partial charge < -0.3 is 14.9 Å². The molecule has 1 aromatic carbocycles. The molecule has 0 atom stereocenters. The van der Waals surface area contributed by atoms with Crippen molar-refractivity contribution in [1.82, 2.24) is 0 Å². The van der Waals surface area contributed by atoms with Crippen molar-refractivity contribution in [2.24, 2.45) is 0 Å². The van der Waals surface area contributed by atoms with Crippen molar-refractivity contribution in [3.63, 3.8) is 0 Å². The van der Waals surface area contributed by atoms with Crippen LogP contribution in [0.2, 0.25) is 5.02 Å². The van der Waals surface area contributed by atoms with Crippen molar-refractivity contribution in [3.8, 4) is 11.5 Å². The van der Waals surface area contributed by atoms with Gasteiger partial charge in [0.2, 0.25) is 0 Å². The molecular formula is C9H9ClO4. The number of carboxylic acid groups (broad SMARTS) is 1. The lowest BCUT2D eigenvalue weighted by molar-refractivity contribution is 0.0696. The molecule has 0 aliphatic carbocycles. The molecule has 0 aliphatic heterocycles. The maximum absolute atomic E-state index is 10.6. The fourth-order valence-electron chi connectivity index (χ4n) is 0.963. The largest absolute Gasteiger partial charge is 0.503 e. The molecule has 4 nitrogen and oxygen atoms in total. The summed E-state index contributed by atoms with van der Waals surface area (Å²) < 4.78 is 5.01. The molecule has 0 unspecified atom stereocenters. The number of hydrogen-bond acceptors (Lipinski definition) is 3. The SMILES string of the molecule is CCOc1cc(C(=O)O)cc(Cl)c1O. The molecule has 2 N–H and O–H groups in total. The second-order valence-electron chi connectivity index (χ2n) is 2.54. The van der Waals surface area contributed by atoms with Gasteiger partial charge >= 0.3 is 5.97 Å². The van der Waals surface area contributed by atoms with Gasteiger partial charge in [0, 0.05) is 0 Å². The number of phenols is 1. The van der Waals surface area contributed by atoms with E-state index in [0.29, 0.717) is 6.61 Å². The molecule has 0 amide bonds. The molecule has 5 heteroatoms. The van der Waals surface area contributed by atoms with Gasteiger partial charge in [-0.15, -0.1) is 0 Å². The van der Waals surface area contributed by atoms with Gasteiger partial charge in [-0.1, -0.05) is 11.6 Å². The first-order valence-electron chi connectivity index (χ1n) is 3.94. The summed E-state index contributed by atoms with van der Waals surface area (Å²) in [5.74, 6) is -1.27. The molecule has 0 aromatic heterocycles. The predicted octanol–water partition coefficient (Wildman–Crippen LogP) is 2.14. The highest BCUT2D eigenvalue weighted by Gasteiger charge is 2.12. The highest BCUT2D eigenvalue weighted by Crippen LogP contribution is 2.35. The number of benzene rings is 1. The van der Waals surface area contributed by atoms with Crippen LogP contribution >= 0.6 is 11.6 Å². The number of rotatable bonds is 3. The van der Waals surface area contributed by atoms with Crippen LogP contribution in [0.25, 0.3) is 0 Å². The average molecular weight is 217 g/mol. The molecule has 0 aliphatic rings. The van der Waals surface area contributed by atoms with Gasteiger partial charge in [-0.25, -0.2) is 4.79 Å². The number of halogens is 1. The van der Waals surface area contributed by atoms with Gasteiger partial charge in [0.15, 0.2) is 11.5 Å². The summed E-state index contributed by atoms with van der Waals surface area (Å²) in [4.78, 5) is 10.6. The summed E-state index contributed by atoms with van der Waals surface area (Å²) in [6.45, 7) is 2.05. The second kappa shape index (κ2) is 4.19. The first-order chi connectivity index (χ1) is 6.56. The zero-order chi connectivity index (χ0) is 10.7. The molecule has 0 saturated carbocycles. The molecule has 0 fully saturated rings. The minimum Gasteiger partial charge on any atom is -0.503 e. The molecule has 0 spiro atoms. The van der Waals surface area contributed by atoms with Gasteiger partial charge in [0.1, 0.15) is 0 Å². The first-order valence-corrected chi connectivity index (χ1v) is 4.32. The quantitative estimate of drug-likeness (QED) is 0.813. The Morgan fingerprint density at radius 3 is 2.71 bits per heavy atom. The van der Waals surface area contributed by atoms with Crippen molar-refractivity contribution in [2.75, 3.05) is 6.61 Å². The van der Waals surface area contributed by atoms with Crippen LogP contribution in [0, 0.1) is 0 Å². The molecule has 0 saturated heterocycles. The van der Waals surface area contributed by atoms with E-state index in [1.807, 2.05) is 0 Å². The van der Waals surface area contributed by atoms with E-state index in [9.17, 15) is 9.90 Å². The minimum atomic E-state index is -1.12. The van der Waals surface area contributed by atoms with Crippen LogP contribution in [-0.2, 0) is 0 Å². The summed E-state index contributed by atoms with van der Waals surface area (Å²) in [5.41, 5.74) is -0.0174. The topological polar surface area (TPSA) is 66.8 Å². The number of carbonyl (C=O) groups is 1. The Labute approximate surface area is 85.7 Å². The maximum atomic E-state index is 10.6. The molecule has 76 valence electrons. The molecule has 1 aromatic rings. The summed E-state index contributed by atoms with van der Waals surface area (Å²) in [6, 6.07) is 2.40. The number of carboxylic acids is 1. The lowest BCUT2D eigenvalue weighted by Gasteiger charge is -2.07. The molecule has 0 bridgehead atoms. The lowest BCUT2D eigenvalue weighted by atomic mass is 10.2. The van der Waals surface area contributed by atoms with E-state index in [2.05, 4.69) is 0 Å². The molecule has 0 heterocycles. The zero-order valence-electron chi connectivity index (χ0n) is 7.45. The predicted molar refractivity (Wildman–Crippen MR) is 51.2 cm³/mol. The Morgan fingerprint density at radius 1 is 1.57 bits per heavy atom. The van der Waals surface area contributed by atoms with Gasteiger partial charge in [-0.2, -0.15) is 0 Å². The first kappa shape index (κ1) is 10.7. The highest BCUT2D eigenvalue weighted by atomic mass is 35.5. The summed E-state index contributed by atoms with van der Waals surface area (Å²) >= 11 is 5.61. The van der Waals surface area contributed by atoms with Gasteiger partial charge in [0.05, 0.1) is 17.2 Å². The Morgan fingerprint density at radius 2 is 2.21 bits per heavy atom. The fraction of sp³-hybridized carbons (Fsp3) is 0.222. The third-order valence-electron chi connectivity index (χ3n) is 1.58. The summed E-state index contributed by atoms with van der Waals surface area (Å²) in [5, 5.41) is 18.0. The van der Waals surface area contributed by atoms with Gasteiger partial charge in [0.25, 0.3) is 0 Å². The molecule has 14 heavy (non-hydrogen) atoms. The van der Waals surface area contributed by atoms with Crippen molar-refractivity contribution in [2.45, 2.75) is 6.92 Å². The second-order valence-corrected chi connectivity index (χ2v) is 2.95. The number of aromatic hydroxyl groups is 1. The van der Waals surface area contributed by atoms with Crippen molar-refractivity contribution < 1.29 is 19.7 Å². The number of phenolic OH excluding ortho intramolecular Hbond substituents is 1. The maximum Gasteiger partial charge on any atom is 0.335 e. The van der Waals surface area contributed by atoms with Gasteiger partial charge in [-0.3, -0.25) is 0 Å². The van der Waals surface area contributed by atoms with E-state index in [-0.39, 0.29) is 22.1 Å². The van der Waals surface area contributed by atoms with Crippen LogP contribution in [0.4, 0.5) is 0 Å². The fourth-order valence-corrected chi connectivity index (χ4v) is 1.17. The Hall–Kier alpha value is -1.42. The zero-order valence-corrected chi connectivity index (χ0v) is 8.21. The third-order valence-corrected chi connectivity index (χ3v) is 1.86. The lowest BCUT2D eigenvalue weighted by Crippen LogP contribution is -1.99. The smallest absolute Gasteiger partial charge is 0.335 e. The summed E-state index contributed by atoms with van der Waals surface area (Å²) in [7, 11) is 0. The van der Waals surface area contributed by atoms with Crippen molar-refractivity contribution in [1.29, 1.82) is 0 Å². The molecule has 0 radical (unpaired) electrons. The average Bonchev–Trinajstić information content (AvgIpc) is 2.12. The standard InChI is InChI=1S/C9H9ClO4/c1-2-14-7-4-5(9(12)13)3-6(10)8(7)11/h3-4,11H,2H2,1H3,(H,12,13). The van der Waals surface area contributed by atoms with E-state index >= 15 is 0 Å². The number of ether oxygens (including phenoxy) is 1. The van der Waals surface area contributed by atoms with Crippen LogP contribution < -0.4 is 4.74 Å². The molecule has 1 rings (SSSR count). The Kier molecular flexibility index (Phi) is 3.19. The number of aromatic carboxylic acids is 1. The third kappa shape index (κ3) is 2.09. The van der Waals surface area contributed by atoms with Gasteiger partial charge in [-0.05, 0) is 19.1 Å². The van der Waals surface area contributed by atoms with E-state index in [4.69, 9.17) is 21.4 Å². The minimum absolute atomic E-state index is 0.0174. The van der Waals surface area contributed by atoms with Crippen LogP contribution in [0.3, 0.4) is 0 Å². The monoisotopic (exact) mass is 216 g/mol.